The Labute approximate surface area is 142 Å². The van der Waals surface area contributed by atoms with Crippen molar-refractivity contribution in [1.82, 2.24) is 5.32 Å². The standard InChI is InChI=1S/C17H17BrFNO3/c1-17(22,12-4-6-13(19)7-5-12)10-20-16(21)11-3-8-15(23-2)14(18)9-11/h3-9,22H,10H2,1-2H3,(H,20,21). The third-order valence-corrected chi connectivity index (χ3v) is 4.09. The Kier molecular flexibility index (Phi) is 5.38. The van der Waals surface area contributed by atoms with E-state index < -0.39 is 5.60 Å². The first-order valence-electron chi connectivity index (χ1n) is 6.93. The van der Waals surface area contributed by atoms with Crippen LogP contribution in [0, 0.1) is 5.82 Å². The van der Waals surface area contributed by atoms with Crippen LogP contribution >= 0.6 is 15.9 Å². The van der Waals surface area contributed by atoms with Gasteiger partial charge in [-0.2, -0.15) is 0 Å². The van der Waals surface area contributed by atoms with Crippen molar-refractivity contribution in [3.05, 3.63) is 63.9 Å². The van der Waals surface area contributed by atoms with Crippen molar-refractivity contribution in [1.29, 1.82) is 0 Å². The molecule has 0 aliphatic carbocycles. The van der Waals surface area contributed by atoms with E-state index in [0.717, 1.165) is 0 Å². The van der Waals surface area contributed by atoms with Gasteiger partial charge in [-0.05, 0) is 58.7 Å². The predicted octanol–water partition coefficient (Wildman–Crippen LogP) is 3.23. The van der Waals surface area contributed by atoms with E-state index in [4.69, 9.17) is 4.74 Å². The topological polar surface area (TPSA) is 58.6 Å². The normalized spacial score (nSPS) is 13.3. The molecule has 2 rings (SSSR count). The summed E-state index contributed by atoms with van der Waals surface area (Å²) in [6, 6.07) is 10.5. The van der Waals surface area contributed by atoms with Gasteiger partial charge in [0, 0.05) is 5.56 Å². The Hall–Kier alpha value is -1.92. The third-order valence-electron chi connectivity index (χ3n) is 3.47. The molecule has 1 atom stereocenters. The van der Waals surface area contributed by atoms with Crippen LogP contribution in [0.25, 0.3) is 0 Å². The highest BCUT2D eigenvalue weighted by atomic mass is 79.9. The highest BCUT2D eigenvalue weighted by Crippen LogP contribution is 2.25. The fraction of sp³-hybridized carbons (Fsp3) is 0.235. The van der Waals surface area contributed by atoms with Crippen LogP contribution in [0.4, 0.5) is 4.39 Å². The second kappa shape index (κ2) is 7.10. The Morgan fingerprint density at radius 3 is 2.52 bits per heavy atom. The number of hydrogen-bond acceptors (Lipinski definition) is 3. The molecule has 0 radical (unpaired) electrons. The number of hydrogen-bond donors (Lipinski definition) is 2. The summed E-state index contributed by atoms with van der Waals surface area (Å²) in [6.07, 6.45) is 0. The monoisotopic (exact) mass is 381 g/mol. The number of carbonyl (C=O) groups excluding carboxylic acids is 1. The van der Waals surface area contributed by atoms with Crippen molar-refractivity contribution in [3.8, 4) is 5.75 Å². The zero-order valence-electron chi connectivity index (χ0n) is 12.8. The average molecular weight is 382 g/mol. The van der Waals surface area contributed by atoms with Crippen LogP contribution in [0.15, 0.2) is 46.9 Å². The van der Waals surface area contributed by atoms with E-state index in [-0.39, 0.29) is 18.3 Å². The SMILES string of the molecule is COc1ccc(C(=O)NCC(C)(O)c2ccc(F)cc2)cc1Br. The Balaban J connectivity index is 2.05. The lowest BCUT2D eigenvalue weighted by Gasteiger charge is -2.24. The molecule has 0 aromatic heterocycles. The Morgan fingerprint density at radius 1 is 1.30 bits per heavy atom. The highest BCUT2D eigenvalue weighted by Gasteiger charge is 2.24. The molecule has 0 aliphatic rings. The molecule has 0 saturated heterocycles. The predicted molar refractivity (Wildman–Crippen MR) is 89.0 cm³/mol. The fourth-order valence-corrected chi connectivity index (χ4v) is 2.61. The summed E-state index contributed by atoms with van der Waals surface area (Å²) in [5.74, 6) is -0.0766. The lowest BCUT2D eigenvalue weighted by Crippen LogP contribution is -2.38. The van der Waals surface area contributed by atoms with Crippen LogP contribution in [0.5, 0.6) is 5.75 Å². The lowest BCUT2D eigenvalue weighted by molar-refractivity contribution is 0.0526. The molecule has 0 fully saturated rings. The van der Waals surface area contributed by atoms with Crippen LogP contribution in [0.1, 0.15) is 22.8 Å². The van der Waals surface area contributed by atoms with Crippen molar-refractivity contribution in [2.24, 2.45) is 0 Å². The summed E-state index contributed by atoms with van der Waals surface area (Å²) < 4.78 is 18.7. The number of benzene rings is 2. The van der Waals surface area contributed by atoms with E-state index in [1.54, 1.807) is 32.2 Å². The number of aliphatic hydroxyl groups is 1. The minimum atomic E-state index is -1.30. The molecule has 0 saturated carbocycles. The van der Waals surface area contributed by atoms with E-state index in [1.807, 2.05) is 0 Å². The number of ether oxygens (including phenoxy) is 1. The van der Waals surface area contributed by atoms with Crippen LogP contribution in [0.2, 0.25) is 0 Å². The maximum Gasteiger partial charge on any atom is 0.251 e. The van der Waals surface area contributed by atoms with Gasteiger partial charge in [0.1, 0.15) is 17.2 Å². The van der Waals surface area contributed by atoms with E-state index in [0.29, 0.717) is 21.3 Å². The molecule has 4 nitrogen and oxygen atoms in total. The van der Waals surface area contributed by atoms with Crippen molar-refractivity contribution >= 4 is 21.8 Å². The van der Waals surface area contributed by atoms with E-state index in [9.17, 15) is 14.3 Å². The Bertz CT molecular complexity index is 701. The molecule has 23 heavy (non-hydrogen) atoms. The minimum Gasteiger partial charge on any atom is -0.496 e. The lowest BCUT2D eigenvalue weighted by atomic mass is 9.96. The van der Waals surface area contributed by atoms with Crippen molar-refractivity contribution in [2.45, 2.75) is 12.5 Å². The number of amides is 1. The van der Waals surface area contributed by atoms with Gasteiger partial charge < -0.3 is 15.2 Å². The summed E-state index contributed by atoms with van der Waals surface area (Å²) >= 11 is 3.32. The number of halogens is 2. The van der Waals surface area contributed by atoms with Crippen LogP contribution in [0.3, 0.4) is 0 Å². The highest BCUT2D eigenvalue weighted by molar-refractivity contribution is 9.10. The van der Waals surface area contributed by atoms with E-state index >= 15 is 0 Å². The molecule has 2 aromatic rings. The molecule has 0 spiro atoms. The molecule has 0 bridgehead atoms. The van der Waals surface area contributed by atoms with Gasteiger partial charge in [-0.15, -0.1) is 0 Å². The molecule has 0 aliphatic heterocycles. The van der Waals surface area contributed by atoms with Crippen molar-refractivity contribution < 1.29 is 19.0 Å². The quantitative estimate of drug-likeness (QED) is 0.835. The van der Waals surface area contributed by atoms with Crippen LogP contribution < -0.4 is 10.1 Å². The zero-order valence-corrected chi connectivity index (χ0v) is 14.4. The second-order valence-electron chi connectivity index (χ2n) is 5.31. The fourth-order valence-electron chi connectivity index (χ4n) is 2.07. The van der Waals surface area contributed by atoms with Gasteiger partial charge in [0.15, 0.2) is 0 Å². The van der Waals surface area contributed by atoms with Gasteiger partial charge in [0.2, 0.25) is 0 Å². The van der Waals surface area contributed by atoms with Gasteiger partial charge in [-0.25, -0.2) is 4.39 Å². The maximum absolute atomic E-state index is 12.9. The van der Waals surface area contributed by atoms with Crippen LogP contribution in [-0.4, -0.2) is 24.7 Å². The smallest absolute Gasteiger partial charge is 0.251 e. The second-order valence-corrected chi connectivity index (χ2v) is 6.17. The van der Waals surface area contributed by atoms with Crippen molar-refractivity contribution in [2.75, 3.05) is 13.7 Å². The first-order chi connectivity index (χ1) is 10.8. The molecule has 1 unspecified atom stereocenters. The zero-order chi connectivity index (χ0) is 17.0. The summed E-state index contributed by atoms with van der Waals surface area (Å²) in [5.41, 5.74) is -0.338. The van der Waals surface area contributed by atoms with Gasteiger partial charge in [0.25, 0.3) is 5.91 Å². The molecule has 122 valence electrons. The summed E-state index contributed by atoms with van der Waals surface area (Å²) in [6.45, 7) is 1.56. The first-order valence-corrected chi connectivity index (χ1v) is 7.73. The molecule has 2 N–H and O–H groups in total. The van der Waals surface area contributed by atoms with E-state index in [1.165, 1.54) is 24.3 Å². The van der Waals surface area contributed by atoms with Gasteiger partial charge in [-0.1, -0.05) is 12.1 Å². The van der Waals surface area contributed by atoms with E-state index in [2.05, 4.69) is 21.2 Å². The average Bonchev–Trinajstić information content (AvgIpc) is 2.53. The van der Waals surface area contributed by atoms with Gasteiger partial charge in [0.05, 0.1) is 18.1 Å². The summed E-state index contributed by atoms with van der Waals surface area (Å²) in [4.78, 5) is 12.2. The van der Waals surface area contributed by atoms with Crippen LogP contribution in [-0.2, 0) is 5.60 Å². The molecular formula is C17H17BrFNO3. The number of nitrogens with one attached hydrogen (secondary N) is 1. The molecule has 2 aromatic carbocycles. The molecular weight excluding hydrogens is 365 g/mol. The Morgan fingerprint density at radius 2 is 1.96 bits per heavy atom. The number of carbonyl (C=O) groups is 1. The largest absolute Gasteiger partial charge is 0.496 e. The minimum absolute atomic E-state index is 0.00111. The molecule has 1 amide bonds. The maximum atomic E-state index is 12.9. The number of rotatable bonds is 5. The van der Waals surface area contributed by atoms with Crippen molar-refractivity contribution in [3.63, 3.8) is 0 Å². The molecule has 0 heterocycles. The number of methoxy groups -OCH3 is 1. The summed E-state index contributed by atoms with van der Waals surface area (Å²) in [7, 11) is 1.54. The summed E-state index contributed by atoms with van der Waals surface area (Å²) in [5, 5.41) is 13.1. The van der Waals surface area contributed by atoms with Gasteiger partial charge >= 0.3 is 0 Å². The third kappa shape index (κ3) is 4.30. The van der Waals surface area contributed by atoms with Gasteiger partial charge in [-0.3, -0.25) is 4.79 Å². The first kappa shape index (κ1) is 17.4. The molecule has 6 heteroatoms.